The second-order valence-corrected chi connectivity index (χ2v) is 7.28. The van der Waals surface area contributed by atoms with Crippen molar-refractivity contribution in [2.75, 3.05) is 5.73 Å². The fourth-order valence-electron chi connectivity index (χ4n) is 3.39. The molecule has 10 heteroatoms. The third kappa shape index (κ3) is 3.06. The molecule has 10 nitrogen and oxygen atoms in total. The number of nitrogens with zero attached hydrogens (tertiary/aromatic N) is 9. The highest BCUT2D eigenvalue weighted by molar-refractivity contribution is 5.98. The largest absolute Gasteiger partial charge is 0.383 e. The summed E-state index contributed by atoms with van der Waals surface area (Å²) in [7, 11) is 0. The van der Waals surface area contributed by atoms with Gasteiger partial charge in [0.15, 0.2) is 5.65 Å². The molecule has 1 saturated carbocycles. The third-order valence-corrected chi connectivity index (χ3v) is 5.16. The van der Waals surface area contributed by atoms with Gasteiger partial charge in [-0.3, -0.25) is 4.68 Å². The van der Waals surface area contributed by atoms with Crippen molar-refractivity contribution >= 4 is 16.9 Å². The van der Waals surface area contributed by atoms with E-state index >= 15 is 0 Å². The van der Waals surface area contributed by atoms with Gasteiger partial charge in [-0.2, -0.15) is 10.4 Å². The van der Waals surface area contributed by atoms with Crippen LogP contribution in [-0.4, -0.2) is 39.7 Å². The molecule has 0 saturated heterocycles. The summed E-state index contributed by atoms with van der Waals surface area (Å²) in [6, 6.07) is 5.31. The molecule has 4 heterocycles. The van der Waals surface area contributed by atoms with Gasteiger partial charge in [-0.1, -0.05) is 5.21 Å². The Morgan fingerprint density at radius 3 is 2.97 bits per heavy atom. The Bertz CT molecular complexity index is 1240. The van der Waals surface area contributed by atoms with E-state index < -0.39 is 0 Å². The molecule has 29 heavy (non-hydrogen) atoms. The minimum Gasteiger partial charge on any atom is -0.383 e. The normalized spacial score (nSPS) is 14.8. The smallest absolute Gasteiger partial charge is 0.164 e. The predicted octanol–water partition coefficient (Wildman–Crippen LogP) is 1.95. The summed E-state index contributed by atoms with van der Waals surface area (Å²) >= 11 is 0. The van der Waals surface area contributed by atoms with Crippen molar-refractivity contribution in [1.82, 2.24) is 39.7 Å². The summed E-state index contributed by atoms with van der Waals surface area (Å²) in [4.78, 5) is 12.6. The summed E-state index contributed by atoms with van der Waals surface area (Å²) in [6.45, 7) is 2.89. The van der Waals surface area contributed by atoms with Gasteiger partial charge in [0.2, 0.25) is 0 Å². The second-order valence-electron chi connectivity index (χ2n) is 7.28. The third-order valence-electron chi connectivity index (χ3n) is 5.16. The maximum absolute atomic E-state index is 9.18. The number of rotatable bonds is 5. The quantitative estimate of drug-likeness (QED) is 0.549. The van der Waals surface area contributed by atoms with Gasteiger partial charge in [0.1, 0.15) is 35.3 Å². The highest BCUT2D eigenvalue weighted by atomic mass is 15.4. The molecular weight excluding hydrogens is 368 g/mol. The highest BCUT2D eigenvalue weighted by Gasteiger charge is 2.25. The van der Waals surface area contributed by atoms with Gasteiger partial charge in [-0.25, -0.2) is 19.6 Å². The van der Waals surface area contributed by atoms with Crippen LogP contribution in [0.4, 0.5) is 5.82 Å². The van der Waals surface area contributed by atoms with Crippen molar-refractivity contribution < 1.29 is 0 Å². The molecule has 144 valence electrons. The van der Waals surface area contributed by atoms with Crippen LogP contribution in [0.5, 0.6) is 0 Å². The molecule has 0 aliphatic heterocycles. The van der Waals surface area contributed by atoms with E-state index in [0.717, 1.165) is 17.8 Å². The Hall–Kier alpha value is -3.87. The zero-order chi connectivity index (χ0) is 20.0. The van der Waals surface area contributed by atoms with Gasteiger partial charge < -0.3 is 5.73 Å². The van der Waals surface area contributed by atoms with Crippen LogP contribution < -0.4 is 5.73 Å². The van der Waals surface area contributed by atoms with E-state index in [1.807, 2.05) is 23.9 Å². The number of aromatic nitrogens is 8. The second kappa shape index (κ2) is 6.63. The van der Waals surface area contributed by atoms with Crippen LogP contribution >= 0.6 is 0 Å². The van der Waals surface area contributed by atoms with Gasteiger partial charge in [0.25, 0.3) is 0 Å². The Labute approximate surface area is 166 Å². The Morgan fingerprint density at radius 2 is 2.17 bits per heavy atom. The zero-order valence-corrected chi connectivity index (χ0v) is 15.8. The lowest BCUT2D eigenvalue weighted by molar-refractivity contribution is 0.543. The van der Waals surface area contributed by atoms with E-state index in [2.05, 4.69) is 25.3 Å². The summed E-state index contributed by atoms with van der Waals surface area (Å²) in [6.07, 6.45) is 7.46. The molecule has 0 amide bonds. The van der Waals surface area contributed by atoms with Gasteiger partial charge in [0, 0.05) is 18.3 Å². The molecule has 1 unspecified atom stereocenters. The van der Waals surface area contributed by atoms with Crippen LogP contribution in [0.15, 0.2) is 30.9 Å². The topological polar surface area (TPSA) is 137 Å². The van der Waals surface area contributed by atoms with Gasteiger partial charge in [-0.15, -0.1) is 5.10 Å². The molecule has 0 aromatic carbocycles. The molecule has 2 N–H and O–H groups in total. The van der Waals surface area contributed by atoms with E-state index in [1.165, 1.54) is 19.2 Å². The maximum atomic E-state index is 9.18. The van der Waals surface area contributed by atoms with Crippen LogP contribution in [-0.2, 0) is 6.54 Å². The van der Waals surface area contributed by atoms with Gasteiger partial charge >= 0.3 is 0 Å². The van der Waals surface area contributed by atoms with E-state index in [-0.39, 0.29) is 6.04 Å². The fraction of sp³-hybridized carbons (Fsp3) is 0.316. The average molecular weight is 386 g/mol. The molecular formula is C19H18N10. The van der Waals surface area contributed by atoms with Crippen molar-refractivity contribution in [3.8, 4) is 17.3 Å². The van der Waals surface area contributed by atoms with Crippen molar-refractivity contribution in [2.24, 2.45) is 5.92 Å². The lowest BCUT2D eigenvalue weighted by atomic mass is 10.1. The van der Waals surface area contributed by atoms with Crippen molar-refractivity contribution in [2.45, 2.75) is 32.4 Å². The molecule has 5 rings (SSSR count). The molecule has 1 atom stereocenters. The van der Waals surface area contributed by atoms with E-state index in [1.54, 1.807) is 23.0 Å². The Balaban J connectivity index is 1.61. The molecule has 0 spiro atoms. The van der Waals surface area contributed by atoms with Crippen molar-refractivity contribution in [3.63, 3.8) is 0 Å². The molecule has 0 bridgehead atoms. The monoisotopic (exact) mass is 386 g/mol. The number of nitrogen functional groups attached to an aromatic ring is 1. The Kier molecular flexibility index (Phi) is 3.94. The Morgan fingerprint density at radius 1 is 1.31 bits per heavy atom. The number of hydrogen-bond acceptors (Lipinski definition) is 8. The fourth-order valence-corrected chi connectivity index (χ4v) is 3.39. The molecule has 1 fully saturated rings. The minimum atomic E-state index is -0.203. The number of pyridine rings is 1. The SMILES string of the molecule is CC(c1cn(CC2CC2)nn1)n1nc(-c2ccnc(C#N)c2)c2c(N)ncnc21. The molecule has 0 radical (unpaired) electrons. The highest BCUT2D eigenvalue weighted by Crippen LogP contribution is 2.33. The van der Waals surface area contributed by atoms with E-state index in [9.17, 15) is 5.26 Å². The summed E-state index contributed by atoms with van der Waals surface area (Å²) in [5.74, 6) is 1.04. The lowest BCUT2D eigenvalue weighted by Gasteiger charge is -2.09. The van der Waals surface area contributed by atoms with Crippen molar-refractivity contribution in [3.05, 3.63) is 42.2 Å². The number of nitriles is 1. The first-order chi connectivity index (χ1) is 14.1. The maximum Gasteiger partial charge on any atom is 0.164 e. The number of fused-ring (bicyclic) bond motifs is 1. The molecule has 1 aliphatic rings. The molecule has 4 aromatic heterocycles. The number of anilines is 1. The molecule has 4 aromatic rings. The standard InChI is InChI=1S/C19H18N10/c1-11(15-9-28(27-25-15)8-12-2-3-12)29-19-16(18(21)23-10-24-19)17(26-29)13-4-5-22-14(6-13)7-20/h4-6,9-12H,2-3,8H2,1H3,(H2,21,23,24). The first kappa shape index (κ1) is 17.2. The zero-order valence-electron chi connectivity index (χ0n) is 15.8. The van der Waals surface area contributed by atoms with E-state index in [4.69, 9.17) is 10.8 Å². The molecule has 1 aliphatic carbocycles. The predicted molar refractivity (Wildman–Crippen MR) is 104 cm³/mol. The average Bonchev–Trinajstić information content (AvgIpc) is 3.27. The van der Waals surface area contributed by atoms with Crippen molar-refractivity contribution in [1.29, 1.82) is 5.26 Å². The first-order valence-corrected chi connectivity index (χ1v) is 9.39. The van der Waals surface area contributed by atoms with Gasteiger partial charge in [-0.05, 0) is 37.8 Å². The van der Waals surface area contributed by atoms with Crippen LogP contribution in [0.3, 0.4) is 0 Å². The minimum absolute atomic E-state index is 0.203. The van der Waals surface area contributed by atoms with Crippen LogP contribution in [0.25, 0.3) is 22.3 Å². The summed E-state index contributed by atoms with van der Waals surface area (Å²) in [5, 5.41) is 23.2. The number of hydrogen-bond donors (Lipinski definition) is 1. The first-order valence-electron chi connectivity index (χ1n) is 9.39. The van der Waals surface area contributed by atoms with E-state index in [0.29, 0.717) is 34.2 Å². The summed E-state index contributed by atoms with van der Waals surface area (Å²) < 4.78 is 3.67. The lowest BCUT2D eigenvalue weighted by Crippen LogP contribution is -2.10. The van der Waals surface area contributed by atoms with Crippen LogP contribution in [0.2, 0.25) is 0 Å². The number of nitrogens with two attached hydrogens (primary N) is 1. The van der Waals surface area contributed by atoms with Crippen LogP contribution in [0, 0.1) is 17.2 Å². The summed E-state index contributed by atoms with van der Waals surface area (Å²) in [5.41, 5.74) is 9.20. The van der Waals surface area contributed by atoms with Crippen LogP contribution in [0.1, 0.15) is 37.2 Å². The van der Waals surface area contributed by atoms with Gasteiger partial charge in [0.05, 0.1) is 17.6 Å².